The third-order valence-electron chi connectivity index (χ3n) is 5.39. The van der Waals surface area contributed by atoms with Gasteiger partial charge in [0.1, 0.15) is 0 Å². The zero-order valence-electron chi connectivity index (χ0n) is 12.1. The van der Waals surface area contributed by atoms with Crippen molar-refractivity contribution in [3.8, 4) is 0 Å². The lowest BCUT2D eigenvalue weighted by atomic mass is 9.85. The van der Waals surface area contributed by atoms with E-state index < -0.39 is 0 Å². The fraction of sp³-hybridized carbons (Fsp3) is 0.938. The number of amides is 1. The second-order valence-corrected chi connectivity index (χ2v) is 6.72. The second kappa shape index (κ2) is 6.25. The fourth-order valence-corrected chi connectivity index (χ4v) is 4.26. The molecule has 2 aliphatic heterocycles. The maximum atomic E-state index is 12.6. The lowest BCUT2D eigenvalue weighted by Gasteiger charge is -2.38. The van der Waals surface area contributed by atoms with Gasteiger partial charge in [0.15, 0.2) is 0 Å². The fourth-order valence-electron chi connectivity index (χ4n) is 4.26. The highest BCUT2D eigenvalue weighted by Gasteiger charge is 2.33. The van der Waals surface area contributed by atoms with E-state index >= 15 is 0 Å². The summed E-state index contributed by atoms with van der Waals surface area (Å²) in [7, 11) is 0. The maximum absolute atomic E-state index is 12.6. The van der Waals surface area contributed by atoms with E-state index in [1.807, 2.05) is 0 Å². The minimum atomic E-state index is 0.351. The largest absolute Gasteiger partial charge is 0.342 e. The van der Waals surface area contributed by atoms with E-state index in [1.165, 1.54) is 51.5 Å². The summed E-state index contributed by atoms with van der Waals surface area (Å²) in [6.07, 6.45) is 11.3. The van der Waals surface area contributed by atoms with Crippen molar-refractivity contribution in [2.45, 2.75) is 63.8 Å². The highest BCUT2D eigenvalue weighted by atomic mass is 16.2. The highest BCUT2D eigenvalue weighted by molar-refractivity contribution is 5.79. The summed E-state index contributed by atoms with van der Waals surface area (Å²) < 4.78 is 0. The first-order chi connectivity index (χ1) is 9.34. The van der Waals surface area contributed by atoms with Gasteiger partial charge in [-0.05, 0) is 51.0 Å². The summed E-state index contributed by atoms with van der Waals surface area (Å²) in [5, 5.41) is 3.63. The van der Waals surface area contributed by atoms with Gasteiger partial charge in [-0.25, -0.2) is 0 Å². The third kappa shape index (κ3) is 3.13. The quantitative estimate of drug-likeness (QED) is 0.831. The summed E-state index contributed by atoms with van der Waals surface area (Å²) in [6, 6.07) is 0.682. The molecule has 2 unspecified atom stereocenters. The number of carbonyl (C=O) groups excluding carboxylic acids is 1. The van der Waals surface area contributed by atoms with Crippen LogP contribution >= 0.6 is 0 Å². The van der Waals surface area contributed by atoms with Gasteiger partial charge < -0.3 is 10.2 Å². The number of piperidine rings is 1. The van der Waals surface area contributed by atoms with Crippen LogP contribution in [-0.2, 0) is 4.79 Å². The molecule has 2 heterocycles. The Kier molecular flexibility index (Phi) is 4.42. The van der Waals surface area contributed by atoms with E-state index in [4.69, 9.17) is 0 Å². The summed E-state index contributed by atoms with van der Waals surface area (Å²) in [6.45, 7) is 3.21. The average molecular weight is 264 g/mol. The van der Waals surface area contributed by atoms with Crippen molar-refractivity contribution in [1.29, 1.82) is 0 Å². The molecule has 108 valence electrons. The number of nitrogens with zero attached hydrogens (tertiary/aromatic N) is 1. The van der Waals surface area contributed by atoms with Gasteiger partial charge in [-0.1, -0.05) is 19.3 Å². The average Bonchev–Trinajstić information content (AvgIpc) is 3.02. The number of hydrogen-bond donors (Lipinski definition) is 1. The molecule has 19 heavy (non-hydrogen) atoms. The van der Waals surface area contributed by atoms with Gasteiger partial charge in [-0.15, -0.1) is 0 Å². The molecule has 0 aromatic heterocycles. The Labute approximate surface area is 117 Å². The third-order valence-corrected chi connectivity index (χ3v) is 5.39. The molecule has 1 amide bonds. The molecule has 0 spiro atoms. The van der Waals surface area contributed by atoms with E-state index in [0.29, 0.717) is 23.8 Å². The summed E-state index contributed by atoms with van der Waals surface area (Å²) in [5.41, 5.74) is 0. The Morgan fingerprint density at radius 2 is 1.79 bits per heavy atom. The van der Waals surface area contributed by atoms with Gasteiger partial charge in [0.25, 0.3) is 0 Å². The molecule has 1 aliphatic carbocycles. The molecule has 0 bridgehead atoms. The molecule has 3 aliphatic rings. The molecule has 0 radical (unpaired) electrons. The van der Waals surface area contributed by atoms with Gasteiger partial charge in [-0.2, -0.15) is 0 Å². The molecule has 0 aromatic rings. The summed E-state index contributed by atoms with van der Waals surface area (Å²) in [4.78, 5) is 14.8. The van der Waals surface area contributed by atoms with Crippen LogP contribution in [0.15, 0.2) is 0 Å². The molecule has 1 saturated carbocycles. The van der Waals surface area contributed by atoms with Gasteiger partial charge in [-0.3, -0.25) is 4.79 Å². The van der Waals surface area contributed by atoms with Gasteiger partial charge in [0.05, 0.1) is 0 Å². The minimum absolute atomic E-state index is 0.351. The van der Waals surface area contributed by atoms with Crippen LogP contribution in [0.5, 0.6) is 0 Å². The summed E-state index contributed by atoms with van der Waals surface area (Å²) in [5.74, 6) is 1.54. The van der Waals surface area contributed by atoms with Crippen LogP contribution in [0.1, 0.15) is 57.8 Å². The van der Waals surface area contributed by atoms with E-state index in [-0.39, 0.29) is 0 Å². The summed E-state index contributed by atoms with van der Waals surface area (Å²) >= 11 is 0. The molecule has 1 N–H and O–H groups in total. The molecule has 2 saturated heterocycles. The second-order valence-electron chi connectivity index (χ2n) is 6.72. The first-order valence-corrected chi connectivity index (χ1v) is 8.37. The molecular formula is C16H28N2O. The Hall–Kier alpha value is -0.570. The van der Waals surface area contributed by atoms with Gasteiger partial charge in [0.2, 0.25) is 5.91 Å². The van der Waals surface area contributed by atoms with Crippen molar-refractivity contribution >= 4 is 5.91 Å². The van der Waals surface area contributed by atoms with Crippen LogP contribution < -0.4 is 5.32 Å². The van der Waals surface area contributed by atoms with Crippen LogP contribution in [0.2, 0.25) is 0 Å². The van der Waals surface area contributed by atoms with E-state index in [1.54, 1.807) is 0 Å². The van der Waals surface area contributed by atoms with Crippen molar-refractivity contribution < 1.29 is 4.79 Å². The van der Waals surface area contributed by atoms with E-state index in [2.05, 4.69) is 10.2 Å². The zero-order chi connectivity index (χ0) is 13.1. The molecule has 0 aromatic carbocycles. The van der Waals surface area contributed by atoms with Crippen molar-refractivity contribution in [1.82, 2.24) is 10.2 Å². The Bertz CT molecular complexity index is 306. The Morgan fingerprint density at radius 3 is 2.53 bits per heavy atom. The Morgan fingerprint density at radius 1 is 0.947 bits per heavy atom. The monoisotopic (exact) mass is 264 g/mol. The molecule has 3 heteroatoms. The minimum Gasteiger partial charge on any atom is -0.342 e. The SMILES string of the molecule is O=C(C1CCCCC1)N1CCCC(C2CCCN2)C1. The van der Waals surface area contributed by atoms with Crippen LogP contribution in [0.4, 0.5) is 0 Å². The van der Waals surface area contributed by atoms with Crippen LogP contribution in [0.3, 0.4) is 0 Å². The first kappa shape index (κ1) is 13.4. The van der Waals surface area contributed by atoms with Crippen molar-refractivity contribution in [3.05, 3.63) is 0 Å². The van der Waals surface area contributed by atoms with Crippen molar-refractivity contribution in [2.75, 3.05) is 19.6 Å². The normalized spacial score (nSPS) is 33.6. The van der Waals surface area contributed by atoms with Crippen LogP contribution in [0, 0.1) is 11.8 Å². The van der Waals surface area contributed by atoms with E-state index in [0.717, 1.165) is 25.9 Å². The smallest absolute Gasteiger partial charge is 0.225 e. The van der Waals surface area contributed by atoms with Crippen molar-refractivity contribution in [2.24, 2.45) is 11.8 Å². The molecule has 2 atom stereocenters. The highest BCUT2D eigenvalue weighted by Crippen LogP contribution is 2.29. The number of likely N-dealkylation sites (tertiary alicyclic amines) is 1. The first-order valence-electron chi connectivity index (χ1n) is 8.37. The number of hydrogen-bond acceptors (Lipinski definition) is 2. The van der Waals surface area contributed by atoms with Crippen LogP contribution in [0.25, 0.3) is 0 Å². The lowest BCUT2D eigenvalue weighted by Crippen LogP contribution is -2.47. The number of carbonyl (C=O) groups is 1. The van der Waals surface area contributed by atoms with Gasteiger partial charge >= 0.3 is 0 Å². The lowest BCUT2D eigenvalue weighted by molar-refractivity contribution is -0.138. The molecule has 3 fully saturated rings. The van der Waals surface area contributed by atoms with Gasteiger partial charge in [0, 0.05) is 25.0 Å². The topological polar surface area (TPSA) is 32.3 Å². The van der Waals surface area contributed by atoms with Crippen molar-refractivity contribution in [3.63, 3.8) is 0 Å². The number of nitrogens with one attached hydrogen (secondary N) is 1. The number of rotatable bonds is 2. The molecule has 3 nitrogen and oxygen atoms in total. The zero-order valence-corrected chi connectivity index (χ0v) is 12.1. The Balaban J connectivity index is 1.56. The standard InChI is InChI=1S/C16H28N2O/c19-16(13-6-2-1-3-7-13)18-11-5-8-14(12-18)15-9-4-10-17-15/h13-15,17H,1-12H2. The predicted molar refractivity (Wildman–Crippen MR) is 76.9 cm³/mol. The van der Waals surface area contributed by atoms with E-state index in [9.17, 15) is 4.79 Å². The molecular weight excluding hydrogens is 236 g/mol. The van der Waals surface area contributed by atoms with Crippen LogP contribution in [-0.4, -0.2) is 36.5 Å². The predicted octanol–water partition coefficient (Wildman–Crippen LogP) is 2.56. The molecule has 3 rings (SSSR count). The maximum Gasteiger partial charge on any atom is 0.225 e.